The number of fused-ring (bicyclic) bond motifs is 1. The Bertz CT molecular complexity index is 457. The van der Waals surface area contributed by atoms with E-state index < -0.39 is 0 Å². The van der Waals surface area contributed by atoms with Gasteiger partial charge in [0.25, 0.3) is 0 Å². The lowest BCUT2D eigenvalue weighted by Crippen LogP contribution is -1.97. The Morgan fingerprint density at radius 3 is 3.08 bits per heavy atom. The topological polar surface area (TPSA) is 69.6 Å². The summed E-state index contributed by atoms with van der Waals surface area (Å²) in [6.07, 6.45) is 4.05. The highest BCUT2D eigenvalue weighted by atomic mass is 15.5. The van der Waals surface area contributed by atoms with Crippen molar-refractivity contribution in [2.45, 2.75) is 18.9 Å². The number of nitrogens with two attached hydrogens (primary N) is 1. The first-order chi connectivity index (χ1) is 6.36. The third kappa shape index (κ3) is 0.898. The lowest BCUT2D eigenvalue weighted by molar-refractivity contribution is 0.625. The van der Waals surface area contributed by atoms with Crippen LogP contribution in [0.3, 0.4) is 0 Å². The molecule has 5 heteroatoms. The van der Waals surface area contributed by atoms with Gasteiger partial charge in [0.15, 0.2) is 11.2 Å². The summed E-state index contributed by atoms with van der Waals surface area (Å²) < 4.78 is 1.87. The summed E-state index contributed by atoms with van der Waals surface area (Å²) in [7, 11) is 0. The molecule has 2 aromatic heterocycles. The molecule has 2 N–H and O–H groups in total. The molecule has 0 atom stereocenters. The number of rotatable bonds is 1. The zero-order valence-corrected chi connectivity index (χ0v) is 7.01. The van der Waals surface area contributed by atoms with Gasteiger partial charge in [-0.25, -0.2) is 9.67 Å². The molecular weight excluding hydrogens is 166 g/mol. The summed E-state index contributed by atoms with van der Waals surface area (Å²) in [6.45, 7) is 0. The molecule has 0 aliphatic heterocycles. The third-order valence-electron chi connectivity index (χ3n) is 2.29. The van der Waals surface area contributed by atoms with Gasteiger partial charge in [-0.05, 0) is 18.9 Å². The van der Waals surface area contributed by atoms with Crippen LogP contribution in [-0.2, 0) is 0 Å². The number of anilines is 1. The number of hydrogen-bond acceptors (Lipinski definition) is 4. The molecule has 0 unspecified atom stereocenters. The summed E-state index contributed by atoms with van der Waals surface area (Å²) in [5, 5.41) is 8.05. The third-order valence-corrected chi connectivity index (χ3v) is 2.29. The molecule has 13 heavy (non-hydrogen) atoms. The zero-order valence-electron chi connectivity index (χ0n) is 7.01. The van der Waals surface area contributed by atoms with Gasteiger partial charge in [-0.3, -0.25) is 0 Å². The van der Waals surface area contributed by atoms with Crippen molar-refractivity contribution in [1.29, 1.82) is 0 Å². The summed E-state index contributed by atoms with van der Waals surface area (Å²) in [5.74, 6) is 0. The largest absolute Gasteiger partial charge is 0.397 e. The Morgan fingerprint density at radius 1 is 1.46 bits per heavy atom. The predicted octanol–water partition coefficient (Wildman–Crippen LogP) is 0.743. The lowest BCUT2D eigenvalue weighted by Gasteiger charge is -1.96. The van der Waals surface area contributed by atoms with Crippen LogP contribution < -0.4 is 5.73 Å². The summed E-state index contributed by atoms with van der Waals surface area (Å²) in [5.41, 5.74) is 7.91. The van der Waals surface area contributed by atoms with Crippen LogP contribution in [0.1, 0.15) is 18.9 Å². The first-order valence-electron chi connectivity index (χ1n) is 4.31. The molecule has 2 heterocycles. The molecule has 5 nitrogen and oxygen atoms in total. The molecule has 1 fully saturated rings. The molecule has 0 saturated heterocycles. The highest BCUT2D eigenvalue weighted by Gasteiger charge is 2.27. The minimum atomic E-state index is 0.499. The van der Waals surface area contributed by atoms with E-state index in [2.05, 4.69) is 15.3 Å². The van der Waals surface area contributed by atoms with Crippen LogP contribution in [0.15, 0.2) is 12.3 Å². The maximum atomic E-state index is 5.73. The molecule has 0 radical (unpaired) electrons. The van der Waals surface area contributed by atoms with E-state index in [0.29, 0.717) is 11.7 Å². The van der Waals surface area contributed by atoms with E-state index in [1.807, 2.05) is 4.68 Å². The molecule has 0 amide bonds. The second-order valence-corrected chi connectivity index (χ2v) is 3.34. The quantitative estimate of drug-likeness (QED) is 0.694. The predicted molar refractivity (Wildman–Crippen MR) is 48.0 cm³/mol. The minimum Gasteiger partial charge on any atom is -0.397 e. The van der Waals surface area contributed by atoms with Gasteiger partial charge in [0, 0.05) is 6.20 Å². The average molecular weight is 175 g/mol. The van der Waals surface area contributed by atoms with Crippen molar-refractivity contribution in [3.05, 3.63) is 12.3 Å². The second-order valence-electron chi connectivity index (χ2n) is 3.34. The van der Waals surface area contributed by atoms with Gasteiger partial charge in [-0.1, -0.05) is 5.21 Å². The van der Waals surface area contributed by atoms with E-state index >= 15 is 0 Å². The highest BCUT2D eigenvalue weighted by molar-refractivity contribution is 5.82. The van der Waals surface area contributed by atoms with Gasteiger partial charge < -0.3 is 5.73 Å². The Hall–Kier alpha value is -1.65. The summed E-state index contributed by atoms with van der Waals surface area (Å²) >= 11 is 0. The van der Waals surface area contributed by atoms with Crippen molar-refractivity contribution in [3.63, 3.8) is 0 Å². The van der Waals surface area contributed by atoms with Crippen LogP contribution in [0, 0.1) is 0 Å². The fourth-order valence-corrected chi connectivity index (χ4v) is 1.43. The van der Waals surface area contributed by atoms with Gasteiger partial charge in [0.05, 0.1) is 11.7 Å². The van der Waals surface area contributed by atoms with E-state index in [4.69, 9.17) is 5.73 Å². The van der Waals surface area contributed by atoms with Crippen LogP contribution in [0.4, 0.5) is 5.69 Å². The van der Waals surface area contributed by atoms with Crippen molar-refractivity contribution < 1.29 is 0 Å². The van der Waals surface area contributed by atoms with E-state index in [9.17, 15) is 0 Å². The minimum absolute atomic E-state index is 0.499. The smallest absolute Gasteiger partial charge is 0.180 e. The maximum Gasteiger partial charge on any atom is 0.180 e. The van der Waals surface area contributed by atoms with Gasteiger partial charge in [0.2, 0.25) is 0 Å². The fraction of sp³-hybridized carbons (Fsp3) is 0.375. The molecule has 0 bridgehead atoms. The first-order valence-corrected chi connectivity index (χ1v) is 4.31. The number of nitrogens with zero attached hydrogens (tertiary/aromatic N) is 4. The van der Waals surface area contributed by atoms with E-state index in [0.717, 1.165) is 11.2 Å². The van der Waals surface area contributed by atoms with Crippen molar-refractivity contribution >= 4 is 16.9 Å². The van der Waals surface area contributed by atoms with Crippen LogP contribution in [0.2, 0.25) is 0 Å². The standard InChI is InChI=1S/C8H9N5/c9-6-3-4-10-8-7(6)11-12-13(8)5-1-2-5/h3-5H,1-2H2,(H2,9,10). The number of pyridine rings is 1. The summed E-state index contributed by atoms with van der Waals surface area (Å²) in [6, 6.07) is 2.24. The first kappa shape index (κ1) is 6.82. The van der Waals surface area contributed by atoms with Crippen LogP contribution in [0.5, 0.6) is 0 Å². The van der Waals surface area contributed by atoms with Crippen molar-refractivity contribution in [2.24, 2.45) is 0 Å². The van der Waals surface area contributed by atoms with Gasteiger partial charge >= 0.3 is 0 Å². The van der Waals surface area contributed by atoms with E-state index in [-0.39, 0.29) is 0 Å². The van der Waals surface area contributed by atoms with Crippen molar-refractivity contribution in [3.8, 4) is 0 Å². The van der Waals surface area contributed by atoms with Crippen LogP contribution in [-0.4, -0.2) is 20.0 Å². The van der Waals surface area contributed by atoms with E-state index in [1.165, 1.54) is 12.8 Å². The van der Waals surface area contributed by atoms with Gasteiger partial charge in [-0.2, -0.15) is 0 Å². The SMILES string of the molecule is Nc1ccnc2c1nnn2C1CC1. The number of hydrogen-bond donors (Lipinski definition) is 1. The Kier molecular flexibility index (Phi) is 1.15. The molecule has 0 aromatic carbocycles. The van der Waals surface area contributed by atoms with Gasteiger partial charge in [0.1, 0.15) is 0 Å². The maximum absolute atomic E-state index is 5.73. The molecule has 66 valence electrons. The fourth-order valence-electron chi connectivity index (χ4n) is 1.43. The monoisotopic (exact) mass is 175 g/mol. The lowest BCUT2D eigenvalue weighted by atomic mass is 10.4. The molecule has 2 aromatic rings. The molecule has 1 aliphatic rings. The zero-order chi connectivity index (χ0) is 8.84. The Labute approximate surface area is 74.6 Å². The molecule has 3 rings (SSSR count). The average Bonchev–Trinajstić information content (AvgIpc) is 2.87. The number of nitrogen functional groups attached to an aromatic ring is 1. The van der Waals surface area contributed by atoms with Crippen LogP contribution >= 0.6 is 0 Å². The highest BCUT2D eigenvalue weighted by Crippen LogP contribution is 2.35. The Morgan fingerprint density at radius 2 is 2.31 bits per heavy atom. The van der Waals surface area contributed by atoms with E-state index in [1.54, 1.807) is 12.3 Å². The molecule has 1 saturated carbocycles. The Balaban J connectivity index is 2.32. The molecule has 1 aliphatic carbocycles. The molecule has 0 spiro atoms. The van der Waals surface area contributed by atoms with Gasteiger partial charge in [-0.15, -0.1) is 5.10 Å². The summed E-state index contributed by atoms with van der Waals surface area (Å²) in [4.78, 5) is 4.22. The van der Waals surface area contributed by atoms with Crippen LogP contribution in [0.25, 0.3) is 11.2 Å². The van der Waals surface area contributed by atoms with Crippen molar-refractivity contribution in [1.82, 2.24) is 20.0 Å². The number of aromatic nitrogens is 4. The van der Waals surface area contributed by atoms with Crippen molar-refractivity contribution in [2.75, 3.05) is 5.73 Å². The molecular formula is C8H9N5. The normalized spacial score (nSPS) is 16.6. The second kappa shape index (κ2) is 2.18.